The molecule has 0 aromatic rings. The first-order chi connectivity index (χ1) is 11.4. The first kappa shape index (κ1) is 19.2. The summed E-state index contributed by atoms with van der Waals surface area (Å²) in [6.07, 6.45) is 5.35. The molecule has 138 valence electrons. The van der Waals surface area contributed by atoms with Crippen molar-refractivity contribution < 1.29 is 14.7 Å². The largest absolute Gasteiger partial charge is 0.480 e. The summed E-state index contributed by atoms with van der Waals surface area (Å²) < 4.78 is 0. The molecule has 2 aliphatic rings. The van der Waals surface area contributed by atoms with Crippen LogP contribution in [-0.2, 0) is 9.59 Å². The fourth-order valence-electron chi connectivity index (χ4n) is 4.05. The number of hydrogen-bond donors (Lipinski definition) is 2. The van der Waals surface area contributed by atoms with Gasteiger partial charge in [-0.25, -0.2) is 0 Å². The van der Waals surface area contributed by atoms with Crippen LogP contribution >= 0.6 is 0 Å². The Balaban J connectivity index is 1.82. The lowest BCUT2D eigenvalue weighted by atomic mass is 9.84. The van der Waals surface area contributed by atoms with E-state index in [2.05, 4.69) is 24.1 Å². The third-order valence-electron chi connectivity index (χ3n) is 5.40. The molecule has 6 heteroatoms. The number of carboxylic acid groups (broad SMARTS) is 1. The molecule has 6 nitrogen and oxygen atoms in total. The average Bonchev–Trinajstić information content (AvgIpc) is 2.49. The van der Waals surface area contributed by atoms with Gasteiger partial charge in [0.25, 0.3) is 0 Å². The Morgan fingerprint density at radius 2 is 1.83 bits per heavy atom. The Labute approximate surface area is 145 Å². The average molecular weight is 339 g/mol. The van der Waals surface area contributed by atoms with Gasteiger partial charge in [-0.1, -0.05) is 27.2 Å². The summed E-state index contributed by atoms with van der Waals surface area (Å²) in [7, 11) is 0. The van der Waals surface area contributed by atoms with Gasteiger partial charge in [-0.15, -0.1) is 0 Å². The van der Waals surface area contributed by atoms with E-state index in [9.17, 15) is 9.59 Å². The van der Waals surface area contributed by atoms with Gasteiger partial charge in [-0.3, -0.25) is 19.4 Å². The van der Waals surface area contributed by atoms with Crippen LogP contribution in [0.1, 0.15) is 52.9 Å². The predicted molar refractivity (Wildman–Crippen MR) is 93.9 cm³/mol. The number of carbonyl (C=O) groups is 2. The highest BCUT2D eigenvalue weighted by atomic mass is 16.4. The van der Waals surface area contributed by atoms with Crippen LogP contribution in [0.4, 0.5) is 0 Å². The topological polar surface area (TPSA) is 72.9 Å². The van der Waals surface area contributed by atoms with E-state index in [4.69, 9.17) is 5.11 Å². The Hall–Kier alpha value is -1.14. The second-order valence-corrected chi connectivity index (χ2v) is 7.57. The Kier molecular flexibility index (Phi) is 7.04. The molecule has 2 N–H and O–H groups in total. The summed E-state index contributed by atoms with van der Waals surface area (Å²) in [5.74, 6) is -0.330. The van der Waals surface area contributed by atoms with E-state index >= 15 is 0 Å². The molecule has 1 saturated heterocycles. The van der Waals surface area contributed by atoms with Crippen molar-refractivity contribution in [1.29, 1.82) is 0 Å². The molecule has 24 heavy (non-hydrogen) atoms. The second kappa shape index (κ2) is 8.81. The molecule has 1 saturated carbocycles. The van der Waals surface area contributed by atoms with Crippen molar-refractivity contribution in [2.24, 2.45) is 5.92 Å². The number of aliphatic carboxylic acids is 1. The van der Waals surface area contributed by atoms with Gasteiger partial charge in [-0.05, 0) is 51.2 Å². The Bertz CT molecular complexity index is 429. The van der Waals surface area contributed by atoms with Crippen molar-refractivity contribution in [3.05, 3.63) is 0 Å². The number of nitrogens with zero attached hydrogens (tertiary/aromatic N) is 2. The maximum Gasteiger partial charge on any atom is 0.317 e. The summed E-state index contributed by atoms with van der Waals surface area (Å²) in [5.41, 5.74) is 0. The van der Waals surface area contributed by atoms with Crippen molar-refractivity contribution in [2.45, 2.75) is 71.0 Å². The van der Waals surface area contributed by atoms with Crippen LogP contribution in [0.15, 0.2) is 0 Å². The fourth-order valence-corrected chi connectivity index (χ4v) is 4.05. The molecule has 1 aliphatic carbocycles. The molecule has 2 fully saturated rings. The zero-order chi connectivity index (χ0) is 17.7. The first-order valence-electron chi connectivity index (χ1n) is 9.42. The molecular formula is C18H33N3O3. The number of amides is 1. The van der Waals surface area contributed by atoms with Gasteiger partial charge < -0.3 is 10.4 Å². The second-order valence-electron chi connectivity index (χ2n) is 7.57. The lowest BCUT2D eigenvalue weighted by Crippen LogP contribution is -2.59. The standard InChI is InChI=1S/C18H33N3O3/c1-4-20(12-16(22)23)15-10-14(11-15)19-18(24)17(13(2)3)21-8-6-5-7-9-21/h13-15,17H,4-12H2,1-3H3,(H,19,24)(H,22,23). The fraction of sp³-hybridized carbons (Fsp3) is 0.889. The molecule has 0 radical (unpaired) electrons. The molecule has 0 aromatic carbocycles. The number of rotatable bonds is 8. The van der Waals surface area contributed by atoms with E-state index in [1.165, 1.54) is 19.3 Å². The van der Waals surface area contributed by atoms with Crippen LogP contribution in [-0.4, -0.2) is 71.1 Å². The molecule has 0 bridgehead atoms. The van der Waals surface area contributed by atoms with E-state index in [-0.39, 0.29) is 30.6 Å². The summed E-state index contributed by atoms with van der Waals surface area (Å²) >= 11 is 0. The van der Waals surface area contributed by atoms with Crippen molar-refractivity contribution in [3.8, 4) is 0 Å². The number of carboxylic acids is 1. The molecule has 0 aromatic heterocycles. The van der Waals surface area contributed by atoms with Crippen molar-refractivity contribution in [1.82, 2.24) is 15.1 Å². The molecular weight excluding hydrogens is 306 g/mol. The molecule has 1 atom stereocenters. The molecule has 1 heterocycles. The van der Waals surface area contributed by atoms with Gasteiger partial charge in [0.15, 0.2) is 0 Å². The van der Waals surface area contributed by atoms with Gasteiger partial charge in [0.1, 0.15) is 0 Å². The first-order valence-corrected chi connectivity index (χ1v) is 9.42. The minimum Gasteiger partial charge on any atom is -0.480 e. The van der Waals surface area contributed by atoms with Crippen molar-refractivity contribution >= 4 is 11.9 Å². The van der Waals surface area contributed by atoms with Crippen LogP contribution in [0.2, 0.25) is 0 Å². The lowest BCUT2D eigenvalue weighted by molar-refractivity contribution is -0.140. The molecule has 1 amide bonds. The third kappa shape index (κ3) is 4.93. The Morgan fingerprint density at radius 1 is 1.21 bits per heavy atom. The van der Waals surface area contributed by atoms with Crippen molar-refractivity contribution in [2.75, 3.05) is 26.2 Å². The minimum atomic E-state index is -0.783. The highest BCUT2D eigenvalue weighted by Gasteiger charge is 2.37. The summed E-state index contributed by atoms with van der Waals surface area (Å²) in [5, 5.41) is 12.2. The number of piperidine rings is 1. The lowest BCUT2D eigenvalue weighted by Gasteiger charge is -2.43. The number of nitrogens with one attached hydrogen (secondary N) is 1. The molecule has 2 rings (SSSR count). The summed E-state index contributed by atoms with van der Waals surface area (Å²) in [6, 6.07) is 0.436. The highest BCUT2D eigenvalue weighted by molar-refractivity contribution is 5.82. The smallest absolute Gasteiger partial charge is 0.317 e. The normalized spacial score (nSPS) is 26.2. The number of likely N-dealkylation sites (tertiary alicyclic amines) is 1. The van der Waals surface area contributed by atoms with Gasteiger partial charge in [0.05, 0.1) is 12.6 Å². The van der Waals surface area contributed by atoms with Crippen LogP contribution in [0.25, 0.3) is 0 Å². The van der Waals surface area contributed by atoms with E-state index in [1.54, 1.807) is 0 Å². The van der Waals surface area contributed by atoms with Crippen LogP contribution in [0.5, 0.6) is 0 Å². The van der Waals surface area contributed by atoms with E-state index < -0.39 is 5.97 Å². The SMILES string of the molecule is CCN(CC(=O)O)C1CC(NC(=O)C(C(C)C)N2CCCCC2)C1. The van der Waals surface area contributed by atoms with E-state index in [1.807, 2.05) is 11.8 Å². The number of likely N-dealkylation sites (N-methyl/N-ethyl adjacent to an activating group) is 1. The Morgan fingerprint density at radius 3 is 2.33 bits per heavy atom. The van der Waals surface area contributed by atoms with Crippen molar-refractivity contribution in [3.63, 3.8) is 0 Å². The van der Waals surface area contributed by atoms with E-state index in [0.717, 1.165) is 32.5 Å². The number of hydrogen-bond acceptors (Lipinski definition) is 4. The summed E-state index contributed by atoms with van der Waals surface area (Å²) in [4.78, 5) is 28.0. The third-order valence-corrected chi connectivity index (χ3v) is 5.40. The highest BCUT2D eigenvalue weighted by Crippen LogP contribution is 2.26. The predicted octanol–water partition coefficient (Wildman–Crippen LogP) is 1.55. The van der Waals surface area contributed by atoms with Gasteiger partial charge in [0, 0.05) is 12.1 Å². The van der Waals surface area contributed by atoms with Gasteiger partial charge in [0.2, 0.25) is 5.91 Å². The maximum atomic E-state index is 12.8. The van der Waals surface area contributed by atoms with Crippen LogP contribution < -0.4 is 5.32 Å². The number of carbonyl (C=O) groups excluding carboxylic acids is 1. The monoisotopic (exact) mass is 339 g/mol. The van der Waals surface area contributed by atoms with Gasteiger partial charge in [-0.2, -0.15) is 0 Å². The summed E-state index contributed by atoms with van der Waals surface area (Å²) in [6.45, 7) is 9.09. The van der Waals surface area contributed by atoms with Crippen LogP contribution in [0.3, 0.4) is 0 Å². The quantitative estimate of drug-likeness (QED) is 0.702. The zero-order valence-electron chi connectivity index (χ0n) is 15.3. The van der Waals surface area contributed by atoms with Gasteiger partial charge >= 0.3 is 5.97 Å². The molecule has 1 unspecified atom stereocenters. The van der Waals surface area contributed by atoms with E-state index in [0.29, 0.717) is 5.92 Å². The maximum absolute atomic E-state index is 12.8. The molecule has 0 spiro atoms. The zero-order valence-corrected chi connectivity index (χ0v) is 15.3. The van der Waals surface area contributed by atoms with Crippen LogP contribution in [0, 0.1) is 5.92 Å². The molecule has 1 aliphatic heterocycles. The minimum absolute atomic E-state index is 0.0364.